The molecule has 0 spiro atoms. The summed E-state index contributed by atoms with van der Waals surface area (Å²) in [7, 11) is -3.52. The zero-order valence-corrected chi connectivity index (χ0v) is 14.8. The molecule has 0 amide bonds. The maximum atomic E-state index is 12.2. The number of aryl methyl sites for hydroxylation is 1. The van der Waals surface area contributed by atoms with E-state index in [1.807, 2.05) is 13.0 Å². The van der Waals surface area contributed by atoms with Crippen molar-refractivity contribution < 1.29 is 23.0 Å². The number of ether oxygens (including phenoxy) is 2. The summed E-state index contributed by atoms with van der Waals surface area (Å²) in [6.45, 7) is 2.31. The summed E-state index contributed by atoms with van der Waals surface area (Å²) in [6, 6.07) is 8.64. The van der Waals surface area contributed by atoms with Crippen LogP contribution in [-0.4, -0.2) is 26.9 Å². The van der Waals surface area contributed by atoms with Crippen molar-refractivity contribution in [3.05, 3.63) is 40.8 Å². The molecule has 3 rings (SSSR count). The summed E-state index contributed by atoms with van der Waals surface area (Å²) in [4.78, 5) is 1.02. The Hall–Kier alpha value is -1.61. The molecule has 1 aromatic heterocycles. The van der Waals surface area contributed by atoms with Gasteiger partial charge in [-0.25, -0.2) is 13.1 Å². The van der Waals surface area contributed by atoms with E-state index in [4.69, 9.17) is 9.47 Å². The number of rotatable bonds is 7. The third kappa shape index (κ3) is 3.72. The van der Waals surface area contributed by atoms with Crippen LogP contribution in [0.2, 0.25) is 0 Å². The van der Waals surface area contributed by atoms with E-state index in [-0.39, 0.29) is 19.8 Å². The third-order valence-electron chi connectivity index (χ3n) is 3.74. The van der Waals surface area contributed by atoms with Crippen LogP contribution in [0.15, 0.2) is 34.5 Å². The number of aliphatic hydroxyl groups is 1. The van der Waals surface area contributed by atoms with Crippen LogP contribution in [0.3, 0.4) is 0 Å². The Balaban J connectivity index is 1.57. The van der Waals surface area contributed by atoms with Gasteiger partial charge in [-0.15, -0.1) is 11.3 Å². The largest absolute Gasteiger partial charge is 0.454 e. The Labute approximate surface area is 145 Å². The topological polar surface area (TPSA) is 84.9 Å². The maximum absolute atomic E-state index is 12.2. The van der Waals surface area contributed by atoms with Gasteiger partial charge in [-0.05, 0) is 42.7 Å². The SMILES string of the molecule is CCc1ccc(S(=O)(=O)NCCC(O)c2ccc3c(c2)OCO3)s1. The van der Waals surface area contributed by atoms with E-state index in [0.29, 0.717) is 21.3 Å². The highest BCUT2D eigenvalue weighted by atomic mass is 32.2. The number of sulfonamides is 1. The fraction of sp³-hybridized carbons (Fsp3) is 0.375. The number of nitrogens with one attached hydrogen (secondary N) is 1. The minimum atomic E-state index is -3.52. The Kier molecular flexibility index (Phi) is 5.09. The van der Waals surface area contributed by atoms with Crippen LogP contribution in [0.4, 0.5) is 0 Å². The predicted molar refractivity (Wildman–Crippen MR) is 91.0 cm³/mol. The smallest absolute Gasteiger partial charge is 0.250 e. The molecule has 130 valence electrons. The van der Waals surface area contributed by atoms with Gasteiger partial charge >= 0.3 is 0 Å². The molecule has 1 aliphatic rings. The van der Waals surface area contributed by atoms with Crippen LogP contribution in [0, 0.1) is 0 Å². The van der Waals surface area contributed by atoms with Gasteiger partial charge in [0.05, 0.1) is 6.10 Å². The van der Waals surface area contributed by atoms with Crippen molar-refractivity contribution in [3.63, 3.8) is 0 Å². The average molecular weight is 369 g/mol. The van der Waals surface area contributed by atoms with E-state index in [1.54, 1.807) is 24.3 Å². The summed E-state index contributed by atoms with van der Waals surface area (Å²) in [5, 5.41) is 10.2. The van der Waals surface area contributed by atoms with Gasteiger partial charge in [0.1, 0.15) is 4.21 Å². The number of thiophene rings is 1. The monoisotopic (exact) mass is 369 g/mol. The van der Waals surface area contributed by atoms with Crippen molar-refractivity contribution >= 4 is 21.4 Å². The summed E-state index contributed by atoms with van der Waals surface area (Å²) in [5.74, 6) is 1.24. The summed E-state index contributed by atoms with van der Waals surface area (Å²) in [6.07, 6.45) is 0.296. The van der Waals surface area contributed by atoms with Crippen LogP contribution < -0.4 is 14.2 Å². The average Bonchev–Trinajstić information content (AvgIpc) is 3.23. The van der Waals surface area contributed by atoms with E-state index in [9.17, 15) is 13.5 Å². The van der Waals surface area contributed by atoms with Crippen LogP contribution in [0.1, 0.15) is 29.9 Å². The molecule has 1 aliphatic heterocycles. The molecule has 6 nitrogen and oxygen atoms in total. The van der Waals surface area contributed by atoms with Gasteiger partial charge in [-0.1, -0.05) is 13.0 Å². The lowest BCUT2D eigenvalue weighted by molar-refractivity contribution is 0.166. The number of aliphatic hydroxyl groups excluding tert-OH is 1. The molecule has 0 saturated heterocycles. The molecule has 0 bridgehead atoms. The first-order valence-electron chi connectivity index (χ1n) is 7.65. The number of hydrogen-bond acceptors (Lipinski definition) is 6. The first kappa shape index (κ1) is 17.2. The van der Waals surface area contributed by atoms with Crippen molar-refractivity contribution in [1.29, 1.82) is 0 Å². The molecule has 1 aromatic carbocycles. The van der Waals surface area contributed by atoms with E-state index < -0.39 is 16.1 Å². The standard InChI is InChI=1S/C16H19NO5S2/c1-2-12-4-6-16(23-12)24(19,20)17-8-7-13(18)11-3-5-14-15(9-11)22-10-21-14/h3-6,9,13,17-18H,2,7-8,10H2,1H3. The second-order valence-electron chi connectivity index (χ2n) is 5.39. The lowest BCUT2D eigenvalue weighted by atomic mass is 10.1. The zero-order chi connectivity index (χ0) is 17.2. The van der Waals surface area contributed by atoms with Crippen LogP contribution in [0.25, 0.3) is 0 Å². The van der Waals surface area contributed by atoms with Crippen molar-refractivity contribution in [2.75, 3.05) is 13.3 Å². The van der Waals surface area contributed by atoms with Crippen molar-refractivity contribution in [2.45, 2.75) is 30.1 Å². The second-order valence-corrected chi connectivity index (χ2v) is 8.55. The van der Waals surface area contributed by atoms with Crippen LogP contribution in [-0.2, 0) is 16.4 Å². The number of benzene rings is 1. The van der Waals surface area contributed by atoms with Crippen LogP contribution in [0.5, 0.6) is 11.5 Å². The quantitative estimate of drug-likeness (QED) is 0.783. The molecule has 1 atom stereocenters. The summed E-state index contributed by atoms with van der Waals surface area (Å²) in [5.41, 5.74) is 0.669. The molecule has 8 heteroatoms. The third-order valence-corrected chi connectivity index (χ3v) is 6.92. The van der Waals surface area contributed by atoms with E-state index >= 15 is 0 Å². The molecule has 0 radical (unpaired) electrons. The van der Waals surface area contributed by atoms with Gasteiger partial charge in [0, 0.05) is 11.4 Å². The Morgan fingerprint density at radius 1 is 1.25 bits per heavy atom. The van der Waals surface area contributed by atoms with Gasteiger partial charge in [0.25, 0.3) is 0 Å². The molecule has 2 aromatic rings. The highest BCUT2D eigenvalue weighted by molar-refractivity contribution is 7.91. The summed E-state index contributed by atoms with van der Waals surface area (Å²) >= 11 is 1.27. The fourth-order valence-electron chi connectivity index (χ4n) is 2.38. The molecule has 2 N–H and O–H groups in total. The van der Waals surface area contributed by atoms with Crippen molar-refractivity contribution in [3.8, 4) is 11.5 Å². The van der Waals surface area contributed by atoms with Crippen molar-refractivity contribution in [1.82, 2.24) is 4.72 Å². The highest BCUT2D eigenvalue weighted by Crippen LogP contribution is 2.34. The fourth-order valence-corrected chi connectivity index (χ4v) is 4.77. The van der Waals surface area contributed by atoms with Gasteiger partial charge in [-0.2, -0.15) is 0 Å². The van der Waals surface area contributed by atoms with Gasteiger partial charge < -0.3 is 14.6 Å². The normalized spacial score (nSPS) is 14.8. The first-order valence-corrected chi connectivity index (χ1v) is 9.95. The molecular formula is C16H19NO5S2. The number of fused-ring (bicyclic) bond motifs is 1. The maximum Gasteiger partial charge on any atom is 0.250 e. The van der Waals surface area contributed by atoms with Gasteiger partial charge in [0.15, 0.2) is 11.5 Å². The van der Waals surface area contributed by atoms with E-state index in [1.165, 1.54) is 11.3 Å². The second kappa shape index (κ2) is 7.10. The predicted octanol–water partition coefficient (Wildman–Crippen LogP) is 2.44. The lowest BCUT2D eigenvalue weighted by Gasteiger charge is -2.12. The van der Waals surface area contributed by atoms with E-state index in [0.717, 1.165) is 11.3 Å². The summed E-state index contributed by atoms with van der Waals surface area (Å²) < 4.78 is 37.8. The minimum absolute atomic E-state index is 0.150. The minimum Gasteiger partial charge on any atom is -0.454 e. The molecule has 0 saturated carbocycles. The van der Waals surface area contributed by atoms with Gasteiger partial charge in [0.2, 0.25) is 16.8 Å². The van der Waals surface area contributed by atoms with E-state index in [2.05, 4.69) is 4.72 Å². The molecule has 0 aliphatic carbocycles. The van der Waals surface area contributed by atoms with Crippen molar-refractivity contribution in [2.24, 2.45) is 0 Å². The highest BCUT2D eigenvalue weighted by Gasteiger charge is 2.19. The lowest BCUT2D eigenvalue weighted by Crippen LogP contribution is -2.25. The Morgan fingerprint density at radius 2 is 2.04 bits per heavy atom. The van der Waals surface area contributed by atoms with Crippen LogP contribution >= 0.6 is 11.3 Å². The zero-order valence-electron chi connectivity index (χ0n) is 13.2. The Bertz CT molecular complexity index is 816. The van der Waals surface area contributed by atoms with Gasteiger partial charge in [-0.3, -0.25) is 0 Å². The molecule has 2 heterocycles. The number of hydrogen-bond donors (Lipinski definition) is 2. The molecule has 24 heavy (non-hydrogen) atoms. The molecule has 1 unspecified atom stereocenters. The molecular weight excluding hydrogens is 350 g/mol. The molecule has 0 fully saturated rings. The first-order chi connectivity index (χ1) is 11.5. The Morgan fingerprint density at radius 3 is 2.79 bits per heavy atom.